The molecule has 1 saturated heterocycles. The van der Waals surface area contributed by atoms with Gasteiger partial charge in [-0.2, -0.15) is 0 Å². The first-order chi connectivity index (χ1) is 16.9. The first kappa shape index (κ1) is 23.1. The first-order valence-electron chi connectivity index (χ1n) is 11.2. The van der Waals surface area contributed by atoms with Crippen LogP contribution in [0.4, 0.5) is 25.5 Å². The van der Waals surface area contributed by atoms with E-state index < -0.39 is 11.6 Å². The Hall–Kier alpha value is -3.70. The number of carbonyl (C=O) groups is 1. The lowest BCUT2D eigenvalue weighted by atomic mass is 10.1. The molecule has 180 valence electrons. The molecule has 0 saturated carbocycles. The number of benzene rings is 1. The number of fused-ring (bicyclic) bond motifs is 1. The van der Waals surface area contributed by atoms with Gasteiger partial charge in [0, 0.05) is 43.5 Å². The van der Waals surface area contributed by atoms with Gasteiger partial charge in [-0.3, -0.25) is 4.79 Å². The number of halogens is 2. The Bertz CT molecular complexity index is 1350. The average molecular weight is 496 g/mol. The maximum Gasteiger partial charge on any atom is 0.255 e. The summed E-state index contributed by atoms with van der Waals surface area (Å²) in [6, 6.07) is 10.7. The molecule has 11 heteroatoms. The number of nitrogens with one attached hydrogen (secondary N) is 2. The van der Waals surface area contributed by atoms with Gasteiger partial charge in [-0.25, -0.2) is 23.7 Å². The third-order valence-corrected chi connectivity index (χ3v) is 6.68. The van der Waals surface area contributed by atoms with Crippen molar-refractivity contribution in [3.8, 4) is 0 Å². The van der Waals surface area contributed by atoms with Crippen LogP contribution in [0.1, 0.15) is 28.8 Å². The lowest BCUT2D eigenvalue weighted by Gasteiger charge is -2.30. The van der Waals surface area contributed by atoms with E-state index in [9.17, 15) is 13.6 Å². The highest BCUT2D eigenvalue weighted by atomic mass is 32.1. The molecule has 5 rings (SSSR count). The van der Waals surface area contributed by atoms with Crippen molar-refractivity contribution >= 4 is 44.4 Å². The van der Waals surface area contributed by atoms with Crippen LogP contribution in [0.15, 0.2) is 48.7 Å². The molecule has 8 nitrogen and oxygen atoms in total. The molecule has 1 fully saturated rings. The lowest BCUT2D eigenvalue weighted by Crippen LogP contribution is -2.42. The number of likely N-dealkylation sites (tertiary alicyclic amines) is 1. The van der Waals surface area contributed by atoms with Crippen LogP contribution < -0.4 is 16.4 Å². The van der Waals surface area contributed by atoms with Crippen molar-refractivity contribution in [3.63, 3.8) is 0 Å². The average Bonchev–Trinajstić information content (AvgIpc) is 3.25. The van der Waals surface area contributed by atoms with Crippen molar-refractivity contribution in [2.75, 3.05) is 23.7 Å². The number of thiazole rings is 1. The van der Waals surface area contributed by atoms with Crippen molar-refractivity contribution in [2.45, 2.75) is 25.4 Å². The number of nitrogens with two attached hydrogens (primary N) is 1. The summed E-state index contributed by atoms with van der Waals surface area (Å²) >= 11 is 1.34. The second-order valence-corrected chi connectivity index (χ2v) is 9.29. The number of carbonyl (C=O) groups excluding carboxylic acids is 1. The molecule has 4 heterocycles. The Balaban J connectivity index is 1.23. The predicted molar refractivity (Wildman–Crippen MR) is 132 cm³/mol. The normalized spacial score (nSPS) is 14.3. The van der Waals surface area contributed by atoms with Gasteiger partial charge in [0.05, 0.1) is 5.56 Å². The summed E-state index contributed by atoms with van der Waals surface area (Å²) in [5.74, 6) is -0.148. The second-order valence-electron chi connectivity index (χ2n) is 8.32. The van der Waals surface area contributed by atoms with E-state index in [-0.39, 0.29) is 18.5 Å². The molecular formula is C24H23F2N7OS. The van der Waals surface area contributed by atoms with Crippen molar-refractivity contribution in [2.24, 2.45) is 5.73 Å². The van der Waals surface area contributed by atoms with E-state index in [1.54, 1.807) is 24.4 Å². The summed E-state index contributed by atoms with van der Waals surface area (Å²) < 4.78 is 26.9. The maximum absolute atomic E-state index is 13.8. The Labute approximate surface area is 204 Å². The number of amides is 1. The van der Waals surface area contributed by atoms with E-state index in [1.165, 1.54) is 23.5 Å². The number of piperidine rings is 1. The van der Waals surface area contributed by atoms with Crippen LogP contribution in [0, 0.1) is 11.6 Å². The maximum atomic E-state index is 13.8. The molecule has 4 N–H and O–H groups in total. The third kappa shape index (κ3) is 5.36. The van der Waals surface area contributed by atoms with Crippen LogP contribution >= 0.6 is 11.3 Å². The van der Waals surface area contributed by atoms with Gasteiger partial charge in [0.25, 0.3) is 5.91 Å². The van der Waals surface area contributed by atoms with Gasteiger partial charge in [0.1, 0.15) is 33.6 Å². The topological polar surface area (TPSA) is 109 Å². The summed E-state index contributed by atoms with van der Waals surface area (Å²) in [7, 11) is 0. The molecule has 1 amide bonds. The highest BCUT2D eigenvalue weighted by Crippen LogP contribution is 2.28. The van der Waals surface area contributed by atoms with Crippen molar-refractivity contribution in [3.05, 3.63) is 71.4 Å². The Morgan fingerprint density at radius 1 is 1.09 bits per heavy atom. The largest absolute Gasteiger partial charge is 0.366 e. The van der Waals surface area contributed by atoms with Gasteiger partial charge >= 0.3 is 0 Å². The fourth-order valence-electron chi connectivity index (χ4n) is 3.81. The van der Waals surface area contributed by atoms with Crippen LogP contribution in [-0.4, -0.2) is 44.9 Å². The molecule has 3 aromatic heterocycles. The molecule has 1 aromatic carbocycles. The van der Waals surface area contributed by atoms with E-state index in [1.807, 2.05) is 11.0 Å². The summed E-state index contributed by atoms with van der Waals surface area (Å²) in [6.45, 7) is 1.50. The molecule has 0 aliphatic carbocycles. The van der Waals surface area contributed by atoms with Crippen molar-refractivity contribution < 1.29 is 13.6 Å². The minimum atomic E-state index is -0.613. The van der Waals surface area contributed by atoms with E-state index in [4.69, 9.17) is 5.73 Å². The number of pyridine rings is 2. The fraction of sp³-hybridized carbons (Fsp3) is 0.250. The van der Waals surface area contributed by atoms with E-state index >= 15 is 0 Å². The number of hydrogen-bond acceptors (Lipinski definition) is 8. The zero-order valence-corrected chi connectivity index (χ0v) is 19.5. The second kappa shape index (κ2) is 9.88. The van der Waals surface area contributed by atoms with Gasteiger partial charge in [0.15, 0.2) is 5.13 Å². The highest BCUT2D eigenvalue weighted by molar-refractivity contribution is 7.21. The molecule has 0 radical (unpaired) electrons. The van der Waals surface area contributed by atoms with Crippen LogP contribution in [0.25, 0.3) is 10.3 Å². The zero-order valence-electron chi connectivity index (χ0n) is 18.7. The molecule has 4 aromatic rings. The number of aromatic nitrogens is 3. The van der Waals surface area contributed by atoms with Gasteiger partial charge in [0.2, 0.25) is 0 Å². The highest BCUT2D eigenvalue weighted by Gasteiger charge is 2.22. The van der Waals surface area contributed by atoms with E-state index in [2.05, 4.69) is 25.6 Å². The number of anilines is 3. The van der Waals surface area contributed by atoms with Crippen LogP contribution in [-0.2, 0) is 6.54 Å². The lowest BCUT2D eigenvalue weighted by molar-refractivity contribution is 0.0714. The Morgan fingerprint density at radius 3 is 2.63 bits per heavy atom. The Morgan fingerprint density at radius 2 is 1.89 bits per heavy atom. The van der Waals surface area contributed by atoms with Crippen LogP contribution in [0.5, 0.6) is 0 Å². The summed E-state index contributed by atoms with van der Waals surface area (Å²) in [5, 5.41) is 6.80. The zero-order chi connectivity index (χ0) is 24.4. The smallest absolute Gasteiger partial charge is 0.255 e. The number of rotatable bonds is 6. The molecule has 0 unspecified atom stereocenters. The summed E-state index contributed by atoms with van der Waals surface area (Å²) in [6.07, 6.45) is 3.18. The van der Waals surface area contributed by atoms with Crippen molar-refractivity contribution in [1.82, 2.24) is 19.9 Å². The molecule has 0 spiro atoms. The minimum absolute atomic E-state index is 0.0410. The van der Waals surface area contributed by atoms with Crippen LogP contribution in [0.3, 0.4) is 0 Å². The quantitative estimate of drug-likeness (QED) is 0.366. The molecule has 0 atom stereocenters. The molecular weight excluding hydrogens is 472 g/mol. The summed E-state index contributed by atoms with van der Waals surface area (Å²) in [4.78, 5) is 28.6. The molecule has 1 aliphatic rings. The molecule has 35 heavy (non-hydrogen) atoms. The Kier molecular flexibility index (Phi) is 6.51. The van der Waals surface area contributed by atoms with Gasteiger partial charge in [-0.1, -0.05) is 17.4 Å². The summed E-state index contributed by atoms with van der Waals surface area (Å²) in [5.41, 5.74) is 7.49. The van der Waals surface area contributed by atoms with Gasteiger partial charge in [-0.05, 0) is 43.2 Å². The van der Waals surface area contributed by atoms with E-state index in [0.29, 0.717) is 51.3 Å². The van der Waals surface area contributed by atoms with Gasteiger partial charge in [-0.15, -0.1) is 0 Å². The fourth-order valence-corrected chi connectivity index (χ4v) is 4.65. The van der Waals surface area contributed by atoms with Crippen molar-refractivity contribution in [1.29, 1.82) is 0 Å². The number of nitrogens with zero attached hydrogens (tertiary/aromatic N) is 4. The standard InChI is InChI=1S/C24H23F2N7OS/c25-16-3-1-14(18(26)11-16)12-28-20-6-4-19-22(31-20)35-24(30-19)32-21-5-2-15(13-29-21)23(34)33-9-7-17(27)8-10-33/h1-6,11,13,17H,7-10,12,27H2,(H,28,31)(H,29,30,32). The van der Waals surface area contributed by atoms with Crippen LogP contribution in [0.2, 0.25) is 0 Å². The van der Waals surface area contributed by atoms with Gasteiger partial charge < -0.3 is 21.3 Å². The molecule has 0 bridgehead atoms. The van der Waals surface area contributed by atoms with E-state index in [0.717, 1.165) is 18.9 Å². The predicted octanol–water partition coefficient (Wildman–Crippen LogP) is 4.28. The first-order valence-corrected chi connectivity index (χ1v) is 12.0. The minimum Gasteiger partial charge on any atom is -0.366 e. The SMILES string of the molecule is NC1CCN(C(=O)c2ccc(Nc3nc4ccc(NCc5ccc(F)cc5F)nc4s3)nc2)CC1. The molecule has 1 aliphatic heterocycles. The third-order valence-electron chi connectivity index (χ3n) is 5.80. The monoisotopic (exact) mass is 495 g/mol. The number of hydrogen-bond donors (Lipinski definition) is 3.